The lowest BCUT2D eigenvalue weighted by atomic mass is 10.2. The molecule has 0 bridgehead atoms. The lowest BCUT2D eigenvalue weighted by Gasteiger charge is -2.15. The third-order valence-electron chi connectivity index (χ3n) is 4.69. The second-order valence-corrected chi connectivity index (χ2v) is 7.66. The van der Waals surface area contributed by atoms with E-state index in [0.29, 0.717) is 16.3 Å². The van der Waals surface area contributed by atoms with Gasteiger partial charge in [-0.2, -0.15) is 0 Å². The van der Waals surface area contributed by atoms with E-state index in [1.54, 1.807) is 31.2 Å². The number of nitrogens with zero attached hydrogens (tertiary/aromatic N) is 2. The van der Waals surface area contributed by atoms with E-state index in [0.717, 1.165) is 24.0 Å². The first-order valence-electron chi connectivity index (χ1n) is 9.45. The molecule has 1 heterocycles. The van der Waals surface area contributed by atoms with Crippen LogP contribution in [-0.2, 0) is 11.3 Å². The number of hydrogen-bond donors (Lipinski definition) is 2. The first-order valence-corrected chi connectivity index (χ1v) is 9.83. The number of anilines is 1. The number of likely N-dealkylation sites (N-methyl/N-ethyl adjacent to an activating group) is 1. The first-order chi connectivity index (χ1) is 13.8. The van der Waals surface area contributed by atoms with Gasteiger partial charge in [-0.1, -0.05) is 23.7 Å². The Morgan fingerprint density at radius 3 is 2.62 bits per heavy atom. The molecular formula is C22H25ClN4O2. The highest BCUT2D eigenvalue weighted by Gasteiger charge is 2.18. The minimum atomic E-state index is -0.709. The van der Waals surface area contributed by atoms with Gasteiger partial charge in [0.1, 0.15) is 6.04 Å². The molecule has 2 N–H and O–H groups in total. The third-order valence-corrected chi connectivity index (χ3v) is 5.02. The summed E-state index contributed by atoms with van der Waals surface area (Å²) in [7, 11) is 4.09. The van der Waals surface area contributed by atoms with Crippen molar-refractivity contribution in [1.29, 1.82) is 0 Å². The Morgan fingerprint density at radius 1 is 1.14 bits per heavy atom. The van der Waals surface area contributed by atoms with Crippen LogP contribution in [0.2, 0.25) is 5.02 Å². The highest BCUT2D eigenvalue weighted by atomic mass is 35.5. The number of aromatic nitrogens is 1. The Hall–Kier alpha value is -2.83. The Kier molecular flexibility index (Phi) is 6.56. The minimum absolute atomic E-state index is 0.295. The third kappa shape index (κ3) is 5.16. The number of rotatable bonds is 7. The fraction of sp³-hybridized carbons (Fsp3) is 0.273. The van der Waals surface area contributed by atoms with Gasteiger partial charge in [0.05, 0.1) is 10.6 Å². The number of amides is 2. The standard InChI is InChI=1S/C22H25ClN4O2/c1-15(24-22(29)18-6-4-5-7-19(18)23)21(28)25-17-8-9-20-16(14-17)10-11-27(20)13-12-26(2)3/h4-11,14-15H,12-13H2,1-3H3,(H,24,29)(H,25,28). The van der Waals surface area contributed by atoms with Crippen molar-refractivity contribution in [2.24, 2.45) is 0 Å². The van der Waals surface area contributed by atoms with E-state index in [9.17, 15) is 9.59 Å². The fourth-order valence-electron chi connectivity index (χ4n) is 3.02. The van der Waals surface area contributed by atoms with Crippen molar-refractivity contribution < 1.29 is 9.59 Å². The molecule has 1 unspecified atom stereocenters. The molecule has 0 aliphatic carbocycles. The van der Waals surface area contributed by atoms with E-state index in [1.165, 1.54) is 0 Å². The zero-order valence-corrected chi connectivity index (χ0v) is 17.5. The molecule has 0 radical (unpaired) electrons. The van der Waals surface area contributed by atoms with E-state index < -0.39 is 6.04 Å². The zero-order chi connectivity index (χ0) is 21.0. The molecule has 1 atom stereocenters. The number of fused-ring (bicyclic) bond motifs is 1. The molecule has 1 aromatic heterocycles. The maximum absolute atomic E-state index is 12.5. The molecule has 7 heteroatoms. The predicted octanol–water partition coefficient (Wildman–Crippen LogP) is 3.61. The Morgan fingerprint density at radius 2 is 1.90 bits per heavy atom. The van der Waals surface area contributed by atoms with Crippen LogP contribution < -0.4 is 10.6 Å². The molecule has 3 rings (SSSR count). The van der Waals surface area contributed by atoms with Gasteiger partial charge >= 0.3 is 0 Å². The van der Waals surface area contributed by atoms with Crippen LogP contribution in [0.5, 0.6) is 0 Å². The van der Waals surface area contributed by atoms with Gasteiger partial charge in [0.15, 0.2) is 0 Å². The summed E-state index contributed by atoms with van der Waals surface area (Å²) in [6.45, 7) is 3.48. The second kappa shape index (κ2) is 9.11. The van der Waals surface area contributed by atoms with Crippen LogP contribution in [0, 0.1) is 0 Å². The van der Waals surface area contributed by atoms with E-state index in [2.05, 4.69) is 20.1 Å². The van der Waals surface area contributed by atoms with Gasteiger partial charge in [-0.25, -0.2) is 0 Å². The van der Waals surface area contributed by atoms with E-state index in [1.807, 2.05) is 44.6 Å². The first kappa shape index (κ1) is 20.9. The molecule has 0 spiro atoms. The van der Waals surface area contributed by atoms with Gasteiger partial charge in [0.2, 0.25) is 5.91 Å². The molecule has 152 valence electrons. The molecule has 0 fully saturated rings. The smallest absolute Gasteiger partial charge is 0.253 e. The summed E-state index contributed by atoms with van der Waals surface area (Å²) in [6, 6.07) is 13.9. The van der Waals surface area contributed by atoms with Gasteiger partial charge in [0.25, 0.3) is 5.91 Å². The zero-order valence-electron chi connectivity index (χ0n) is 16.8. The summed E-state index contributed by atoms with van der Waals surface area (Å²) in [5.74, 6) is -0.677. The average Bonchev–Trinajstić information content (AvgIpc) is 3.08. The monoisotopic (exact) mass is 412 g/mol. The highest BCUT2D eigenvalue weighted by Crippen LogP contribution is 2.21. The quantitative estimate of drug-likeness (QED) is 0.623. The molecule has 0 saturated carbocycles. The maximum Gasteiger partial charge on any atom is 0.253 e. The maximum atomic E-state index is 12.5. The molecule has 29 heavy (non-hydrogen) atoms. The van der Waals surface area contributed by atoms with E-state index in [4.69, 9.17) is 11.6 Å². The molecular weight excluding hydrogens is 388 g/mol. The molecule has 0 aliphatic rings. The normalized spacial score (nSPS) is 12.2. The number of carbonyl (C=O) groups excluding carboxylic acids is 2. The average molecular weight is 413 g/mol. The Balaban J connectivity index is 1.64. The van der Waals surface area contributed by atoms with Crippen molar-refractivity contribution in [1.82, 2.24) is 14.8 Å². The number of benzene rings is 2. The number of halogens is 1. The summed E-state index contributed by atoms with van der Waals surface area (Å²) in [4.78, 5) is 27.0. The number of nitrogens with one attached hydrogen (secondary N) is 2. The Labute approximate surface area is 175 Å². The molecule has 6 nitrogen and oxygen atoms in total. The van der Waals surface area contributed by atoms with E-state index in [-0.39, 0.29) is 11.8 Å². The van der Waals surface area contributed by atoms with Crippen LogP contribution in [0.4, 0.5) is 5.69 Å². The molecule has 0 aliphatic heterocycles. The number of hydrogen-bond acceptors (Lipinski definition) is 3. The van der Waals surface area contributed by atoms with Crippen LogP contribution in [0.3, 0.4) is 0 Å². The van der Waals surface area contributed by atoms with Crippen LogP contribution in [-0.4, -0.2) is 48.0 Å². The summed E-state index contributed by atoms with van der Waals surface area (Å²) in [5, 5.41) is 6.94. The summed E-state index contributed by atoms with van der Waals surface area (Å²) >= 11 is 6.04. The predicted molar refractivity (Wildman–Crippen MR) is 118 cm³/mol. The number of carbonyl (C=O) groups is 2. The lowest BCUT2D eigenvalue weighted by molar-refractivity contribution is -0.117. The summed E-state index contributed by atoms with van der Waals surface area (Å²) in [5.41, 5.74) is 2.14. The molecule has 3 aromatic rings. The van der Waals surface area contributed by atoms with Gasteiger partial charge < -0.3 is 20.1 Å². The SMILES string of the molecule is CC(NC(=O)c1ccccc1Cl)C(=O)Nc1ccc2c(ccn2CCN(C)C)c1. The van der Waals surface area contributed by atoms with Crippen molar-refractivity contribution in [3.8, 4) is 0 Å². The lowest BCUT2D eigenvalue weighted by Crippen LogP contribution is -2.41. The van der Waals surface area contributed by atoms with Gasteiger partial charge in [-0.3, -0.25) is 9.59 Å². The summed E-state index contributed by atoms with van der Waals surface area (Å²) < 4.78 is 2.19. The van der Waals surface area contributed by atoms with Crippen molar-refractivity contribution in [2.75, 3.05) is 26.0 Å². The van der Waals surface area contributed by atoms with Gasteiger partial charge in [-0.15, -0.1) is 0 Å². The van der Waals surface area contributed by atoms with Gasteiger partial charge in [0, 0.05) is 35.9 Å². The topological polar surface area (TPSA) is 66.4 Å². The molecule has 2 amide bonds. The Bertz CT molecular complexity index is 1030. The van der Waals surface area contributed by atoms with Crippen LogP contribution in [0.1, 0.15) is 17.3 Å². The van der Waals surface area contributed by atoms with Gasteiger partial charge in [-0.05, 0) is 57.4 Å². The summed E-state index contributed by atoms with van der Waals surface area (Å²) in [6.07, 6.45) is 2.05. The van der Waals surface area contributed by atoms with Crippen LogP contribution in [0.25, 0.3) is 10.9 Å². The highest BCUT2D eigenvalue weighted by molar-refractivity contribution is 6.33. The largest absolute Gasteiger partial charge is 0.346 e. The van der Waals surface area contributed by atoms with Crippen molar-refractivity contribution >= 4 is 40.0 Å². The molecule has 0 saturated heterocycles. The second-order valence-electron chi connectivity index (χ2n) is 7.25. The van der Waals surface area contributed by atoms with Crippen LogP contribution >= 0.6 is 11.6 Å². The van der Waals surface area contributed by atoms with E-state index >= 15 is 0 Å². The van der Waals surface area contributed by atoms with Crippen molar-refractivity contribution in [3.05, 3.63) is 65.3 Å². The van der Waals surface area contributed by atoms with Crippen molar-refractivity contribution in [3.63, 3.8) is 0 Å². The minimum Gasteiger partial charge on any atom is -0.346 e. The molecule has 2 aromatic carbocycles. The fourth-order valence-corrected chi connectivity index (χ4v) is 3.24. The van der Waals surface area contributed by atoms with Crippen LogP contribution in [0.15, 0.2) is 54.7 Å². The van der Waals surface area contributed by atoms with Crippen molar-refractivity contribution in [2.45, 2.75) is 19.5 Å².